The van der Waals surface area contributed by atoms with E-state index in [0.717, 1.165) is 24.6 Å². The Morgan fingerprint density at radius 3 is 2.10 bits per heavy atom. The molecule has 0 aliphatic heterocycles. The van der Waals surface area contributed by atoms with E-state index in [1.165, 1.54) is 0 Å². The van der Waals surface area contributed by atoms with Crippen LogP contribution >= 0.6 is 0 Å². The summed E-state index contributed by atoms with van der Waals surface area (Å²) in [5, 5.41) is 21.4. The van der Waals surface area contributed by atoms with Crippen molar-refractivity contribution in [2.24, 2.45) is 0 Å². The summed E-state index contributed by atoms with van der Waals surface area (Å²) >= 11 is 0. The van der Waals surface area contributed by atoms with Gasteiger partial charge in [-0.2, -0.15) is 0 Å². The quantitative estimate of drug-likeness (QED) is 0.450. The smallest absolute Gasteiger partial charge is 0.338 e. The highest BCUT2D eigenvalue weighted by Gasteiger charge is 2.21. The number of nitro benzene ring substituents is 2. The number of nitro groups is 2. The zero-order valence-electron chi connectivity index (χ0n) is 11.1. The average molecular weight is 282 g/mol. The van der Waals surface area contributed by atoms with Gasteiger partial charge in [-0.15, -0.1) is 0 Å². The molecule has 0 aliphatic rings. The Balaban J connectivity index is 3.07. The van der Waals surface area contributed by atoms with Gasteiger partial charge in [0.2, 0.25) is 0 Å². The summed E-state index contributed by atoms with van der Waals surface area (Å²) in [7, 11) is 0. The van der Waals surface area contributed by atoms with Crippen LogP contribution < -0.4 is 0 Å². The summed E-state index contributed by atoms with van der Waals surface area (Å²) < 4.78 is 5.06. The molecule has 0 heterocycles. The summed E-state index contributed by atoms with van der Waals surface area (Å²) in [4.78, 5) is 31.6. The van der Waals surface area contributed by atoms with E-state index in [0.29, 0.717) is 6.42 Å². The van der Waals surface area contributed by atoms with Crippen LogP contribution in [0.25, 0.3) is 0 Å². The third kappa shape index (κ3) is 4.01. The van der Waals surface area contributed by atoms with Gasteiger partial charge in [-0.3, -0.25) is 20.2 Å². The van der Waals surface area contributed by atoms with Gasteiger partial charge in [0.05, 0.1) is 27.6 Å². The van der Waals surface area contributed by atoms with E-state index in [1.807, 2.05) is 6.92 Å². The van der Waals surface area contributed by atoms with Crippen LogP contribution in [-0.2, 0) is 4.74 Å². The fourth-order valence-corrected chi connectivity index (χ4v) is 1.64. The van der Waals surface area contributed by atoms with E-state index in [2.05, 4.69) is 0 Å². The van der Waals surface area contributed by atoms with Gasteiger partial charge < -0.3 is 4.74 Å². The Morgan fingerprint density at radius 2 is 1.70 bits per heavy atom. The number of carbonyl (C=O) groups excluding carboxylic acids is 1. The van der Waals surface area contributed by atoms with Crippen LogP contribution in [0.2, 0.25) is 0 Å². The normalized spacial score (nSPS) is 11.7. The van der Waals surface area contributed by atoms with Crippen molar-refractivity contribution in [3.8, 4) is 0 Å². The van der Waals surface area contributed by atoms with Gasteiger partial charge in [-0.1, -0.05) is 13.3 Å². The Labute approximate surface area is 114 Å². The monoisotopic (exact) mass is 282 g/mol. The summed E-state index contributed by atoms with van der Waals surface area (Å²) in [6, 6.07) is 2.73. The number of esters is 1. The van der Waals surface area contributed by atoms with Crippen LogP contribution in [0.4, 0.5) is 11.4 Å². The van der Waals surface area contributed by atoms with E-state index in [1.54, 1.807) is 6.92 Å². The first-order chi connectivity index (χ1) is 9.35. The molecule has 0 spiro atoms. The van der Waals surface area contributed by atoms with Gasteiger partial charge in [0, 0.05) is 12.1 Å². The standard InChI is InChI=1S/C12H14N2O6/c1-3-4-8(2)20-12(15)9-5-10(13(16)17)7-11(6-9)14(18)19/h5-8H,3-4H2,1-2H3. The van der Waals surface area contributed by atoms with Crippen LogP contribution in [0.5, 0.6) is 0 Å². The SMILES string of the molecule is CCCC(C)OC(=O)c1cc([N+](=O)[O-])cc([N+](=O)[O-])c1. The molecule has 0 saturated carbocycles. The highest BCUT2D eigenvalue weighted by Crippen LogP contribution is 2.23. The largest absolute Gasteiger partial charge is 0.459 e. The third-order valence-electron chi connectivity index (χ3n) is 2.56. The molecule has 1 aromatic carbocycles. The molecule has 0 aliphatic carbocycles. The van der Waals surface area contributed by atoms with E-state index in [9.17, 15) is 25.0 Å². The minimum Gasteiger partial charge on any atom is -0.459 e. The van der Waals surface area contributed by atoms with Gasteiger partial charge in [-0.25, -0.2) is 4.79 Å². The molecular formula is C12H14N2O6. The van der Waals surface area contributed by atoms with Crippen molar-refractivity contribution in [1.82, 2.24) is 0 Å². The second kappa shape index (κ2) is 6.60. The van der Waals surface area contributed by atoms with Crippen molar-refractivity contribution in [3.63, 3.8) is 0 Å². The molecule has 8 nitrogen and oxygen atoms in total. The molecule has 0 aromatic heterocycles. The number of rotatable bonds is 6. The first kappa shape index (κ1) is 15.5. The number of ether oxygens (including phenoxy) is 1. The van der Waals surface area contributed by atoms with Crippen molar-refractivity contribution in [2.75, 3.05) is 0 Å². The number of nitrogens with zero attached hydrogens (tertiary/aromatic N) is 2. The predicted molar refractivity (Wildman–Crippen MR) is 69.5 cm³/mol. The molecule has 1 atom stereocenters. The Kier molecular flexibility index (Phi) is 5.13. The molecule has 108 valence electrons. The van der Waals surface area contributed by atoms with Crippen molar-refractivity contribution in [2.45, 2.75) is 32.8 Å². The summed E-state index contributed by atoms with van der Waals surface area (Å²) in [6.45, 7) is 3.61. The Bertz CT molecular complexity index is 510. The zero-order valence-corrected chi connectivity index (χ0v) is 11.1. The summed E-state index contributed by atoms with van der Waals surface area (Å²) in [5.41, 5.74) is -1.24. The fraction of sp³-hybridized carbons (Fsp3) is 0.417. The summed E-state index contributed by atoms with van der Waals surface area (Å²) in [5.74, 6) is -0.808. The molecule has 0 fully saturated rings. The maximum Gasteiger partial charge on any atom is 0.338 e. The first-order valence-corrected chi connectivity index (χ1v) is 6.00. The fourth-order valence-electron chi connectivity index (χ4n) is 1.64. The maximum atomic E-state index is 11.8. The van der Waals surface area contributed by atoms with Gasteiger partial charge in [0.15, 0.2) is 0 Å². The Hall–Kier alpha value is -2.51. The minimum atomic E-state index is -0.808. The molecule has 8 heteroatoms. The molecule has 1 aromatic rings. The van der Waals surface area contributed by atoms with Crippen molar-refractivity contribution >= 4 is 17.3 Å². The molecule has 1 rings (SSSR count). The lowest BCUT2D eigenvalue weighted by Crippen LogP contribution is -2.15. The number of carbonyl (C=O) groups is 1. The minimum absolute atomic E-state index is 0.200. The lowest BCUT2D eigenvalue weighted by atomic mass is 10.1. The van der Waals surface area contributed by atoms with Gasteiger partial charge in [0.25, 0.3) is 11.4 Å². The van der Waals surface area contributed by atoms with Crippen molar-refractivity contribution in [1.29, 1.82) is 0 Å². The number of non-ortho nitro benzene ring substituents is 2. The predicted octanol–water partition coefficient (Wildman–Crippen LogP) is 2.85. The topological polar surface area (TPSA) is 113 Å². The zero-order chi connectivity index (χ0) is 15.3. The van der Waals surface area contributed by atoms with Crippen LogP contribution in [-0.4, -0.2) is 21.9 Å². The molecule has 0 radical (unpaired) electrons. The second-order valence-electron chi connectivity index (χ2n) is 4.26. The highest BCUT2D eigenvalue weighted by atomic mass is 16.6. The average Bonchev–Trinajstić information content (AvgIpc) is 2.38. The number of hydrogen-bond donors (Lipinski definition) is 0. The molecule has 0 N–H and O–H groups in total. The van der Waals surface area contributed by atoms with Crippen LogP contribution in [0, 0.1) is 20.2 Å². The molecule has 0 amide bonds. The number of hydrogen-bond acceptors (Lipinski definition) is 6. The molecular weight excluding hydrogens is 268 g/mol. The molecule has 0 saturated heterocycles. The molecule has 0 bridgehead atoms. The Morgan fingerprint density at radius 1 is 1.20 bits per heavy atom. The van der Waals surface area contributed by atoms with E-state index in [-0.39, 0.29) is 11.7 Å². The maximum absolute atomic E-state index is 11.8. The van der Waals surface area contributed by atoms with Crippen LogP contribution in [0.15, 0.2) is 18.2 Å². The van der Waals surface area contributed by atoms with Crippen molar-refractivity contribution in [3.05, 3.63) is 44.0 Å². The third-order valence-corrected chi connectivity index (χ3v) is 2.56. The summed E-state index contributed by atoms with van der Waals surface area (Å²) in [6.07, 6.45) is 1.09. The first-order valence-electron chi connectivity index (χ1n) is 6.00. The van der Waals surface area contributed by atoms with E-state index >= 15 is 0 Å². The number of benzene rings is 1. The van der Waals surface area contributed by atoms with Crippen LogP contribution in [0.3, 0.4) is 0 Å². The highest BCUT2D eigenvalue weighted by molar-refractivity contribution is 5.91. The van der Waals surface area contributed by atoms with E-state index < -0.39 is 27.2 Å². The second-order valence-corrected chi connectivity index (χ2v) is 4.26. The lowest BCUT2D eigenvalue weighted by Gasteiger charge is -2.11. The van der Waals surface area contributed by atoms with Gasteiger partial charge in [0.1, 0.15) is 0 Å². The molecule has 20 heavy (non-hydrogen) atoms. The van der Waals surface area contributed by atoms with Gasteiger partial charge in [-0.05, 0) is 13.3 Å². The molecule has 1 unspecified atom stereocenters. The van der Waals surface area contributed by atoms with E-state index in [4.69, 9.17) is 4.74 Å². The lowest BCUT2D eigenvalue weighted by molar-refractivity contribution is -0.394. The van der Waals surface area contributed by atoms with Crippen LogP contribution in [0.1, 0.15) is 37.0 Å². The van der Waals surface area contributed by atoms with Crippen molar-refractivity contribution < 1.29 is 19.4 Å². The van der Waals surface area contributed by atoms with Gasteiger partial charge >= 0.3 is 5.97 Å².